The molecule has 1 saturated heterocycles. The fourth-order valence-corrected chi connectivity index (χ4v) is 3.34. The van der Waals surface area contributed by atoms with Gasteiger partial charge in [0.2, 0.25) is 10.0 Å². The van der Waals surface area contributed by atoms with Gasteiger partial charge in [-0.1, -0.05) is 12.1 Å². The van der Waals surface area contributed by atoms with Crippen molar-refractivity contribution in [3.8, 4) is 6.07 Å². The van der Waals surface area contributed by atoms with Gasteiger partial charge in [0.1, 0.15) is 6.07 Å². The summed E-state index contributed by atoms with van der Waals surface area (Å²) in [5, 5.41) is 8.94. The zero-order chi connectivity index (χ0) is 13.7. The molecule has 1 heterocycles. The first-order valence-electron chi connectivity index (χ1n) is 6.20. The van der Waals surface area contributed by atoms with Crippen LogP contribution in [0.1, 0.15) is 18.4 Å². The van der Waals surface area contributed by atoms with Gasteiger partial charge in [0.15, 0.2) is 0 Å². The first kappa shape index (κ1) is 14.0. The van der Waals surface area contributed by atoms with Gasteiger partial charge in [0, 0.05) is 13.2 Å². The van der Waals surface area contributed by atoms with Gasteiger partial charge in [-0.3, -0.25) is 0 Å². The van der Waals surface area contributed by atoms with Crippen LogP contribution in [0.25, 0.3) is 0 Å². The van der Waals surface area contributed by atoms with Crippen LogP contribution >= 0.6 is 0 Å². The van der Waals surface area contributed by atoms with Crippen molar-refractivity contribution in [2.75, 3.05) is 19.8 Å². The molecule has 1 unspecified atom stereocenters. The van der Waals surface area contributed by atoms with Crippen LogP contribution in [0.2, 0.25) is 0 Å². The molecule has 1 fully saturated rings. The minimum Gasteiger partial charge on any atom is -0.381 e. The Kier molecular flexibility index (Phi) is 4.53. The van der Waals surface area contributed by atoms with Crippen molar-refractivity contribution >= 4 is 10.0 Å². The molecule has 19 heavy (non-hydrogen) atoms. The van der Waals surface area contributed by atoms with Gasteiger partial charge in [-0.25, -0.2) is 13.1 Å². The normalized spacial score (nSPS) is 19.8. The van der Waals surface area contributed by atoms with Crippen molar-refractivity contribution in [3.63, 3.8) is 0 Å². The SMILES string of the molecule is N#Cc1ccccc1S(=O)(=O)NCC1CCCOC1. The molecule has 0 radical (unpaired) electrons. The van der Waals surface area contributed by atoms with Crippen LogP contribution in [0.5, 0.6) is 0 Å². The molecule has 1 aliphatic rings. The molecule has 0 aromatic heterocycles. The van der Waals surface area contributed by atoms with E-state index in [2.05, 4.69) is 4.72 Å². The van der Waals surface area contributed by atoms with E-state index in [0.29, 0.717) is 13.2 Å². The largest absolute Gasteiger partial charge is 0.381 e. The monoisotopic (exact) mass is 280 g/mol. The van der Waals surface area contributed by atoms with Crippen LogP contribution in [0.4, 0.5) is 0 Å². The molecule has 0 amide bonds. The highest BCUT2D eigenvalue weighted by Crippen LogP contribution is 2.16. The quantitative estimate of drug-likeness (QED) is 0.900. The summed E-state index contributed by atoms with van der Waals surface area (Å²) >= 11 is 0. The number of benzene rings is 1. The molecule has 0 saturated carbocycles. The van der Waals surface area contributed by atoms with E-state index < -0.39 is 10.0 Å². The Morgan fingerprint density at radius 3 is 2.89 bits per heavy atom. The van der Waals surface area contributed by atoms with Crippen molar-refractivity contribution in [1.29, 1.82) is 5.26 Å². The molecule has 1 atom stereocenters. The highest BCUT2D eigenvalue weighted by atomic mass is 32.2. The van der Waals surface area contributed by atoms with Gasteiger partial charge >= 0.3 is 0 Å². The molecule has 0 aliphatic carbocycles. The summed E-state index contributed by atoms with van der Waals surface area (Å²) < 4.78 is 32.2. The number of sulfonamides is 1. The van der Waals surface area contributed by atoms with Crippen LogP contribution < -0.4 is 4.72 Å². The second kappa shape index (κ2) is 6.15. The molecular formula is C13H16N2O3S. The Morgan fingerprint density at radius 2 is 2.21 bits per heavy atom. The highest BCUT2D eigenvalue weighted by molar-refractivity contribution is 7.89. The number of hydrogen-bond acceptors (Lipinski definition) is 4. The molecule has 0 bridgehead atoms. The van der Waals surface area contributed by atoms with Crippen LogP contribution in [0, 0.1) is 17.2 Å². The van der Waals surface area contributed by atoms with Gasteiger partial charge in [-0.2, -0.15) is 5.26 Å². The van der Waals surface area contributed by atoms with Gasteiger partial charge in [-0.15, -0.1) is 0 Å². The number of nitriles is 1. The van der Waals surface area contributed by atoms with Crippen LogP contribution in [-0.4, -0.2) is 28.2 Å². The van der Waals surface area contributed by atoms with Crippen molar-refractivity contribution in [2.45, 2.75) is 17.7 Å². The molecular weight excluding hydrogens is 264 g/mol. The first-order valence-corrected chi connectivity index (χ1v) is 7.68. The van der Waals surface area contributed by atoms with Crippen LogP contribution in [0.3, 0.4) is 0 Å². The van der Waals surface area contributed by atoms with E-state index in [1.807, 2.05) is 6.07 Å². The second-order valence-corrected chi connectivity index (χ2v) is 6.28. The third-order valence-electron chi connectivity index (χ3n) is 3.11. The zero-order valence-corrected chi connectivity index (χ0v) is 11.3. The summed E-state index contributed by atoms with van der Waals surface area (Å²) in [6, 6.07) is 8.09. The predicted octanol–water partition coefficient (Wildman–Crippen LogP) is 1.26. The summed E-state index contributed by atoms with van der Waals surface area (Å²) in [6.45, 7) is 1.69. The minimum absolute atomic E-state index is 0.0363. The second-order valence-electron chi connectivity index (χ2n) is 4.54. The fourth-order valence-electron chi connectivity index (χ4n) is 2.07. The fraction of sp³-hybridized carbons (Fsp3) is 0.462. The average Bonchev–Trinajstić information content (AvgIpc) is 2.46. The molecule has 1 aromatic carbocycles. The van der Waals surface area contributed by atoms with Crippen molar-refractivity contribution in [3.05, 3.63) is 29.8 Å². The van der Waals surface area contributed by atoms with E-state index in [-0.39, 0.29) is 16.4 Å². The molecule has 2 rings (SSSR count). The number of nitrogens with one attached hydrogen (secondary N) is 1. The van der Waals surface area contributed by atoms with E-state index in [4.69, 9.17) is 10.00 Å². The standard InChI is InChI=1S/C13H16N2O3S/c14-8-12-5-1-2-6-13(12)19(16,17)15-9-11-4-3-7-18-10-11/h1-2,5-6,11,15H,3-4,7,9-10H2. The average molecular weight is 280 g/mol. The predicted molar refractivity (Wildman–Crippen MR) is 69.9 cm³/mol. The van der Waals surface area contributed by atoms with Crippen molar-refractivity contribution in [1.82, 2.24) is 4.72 Å². The third-order valence-corrected chi connectivity index (χ3v) is 4.60. The van der Waals surface area contributed by atoms with Gasteiger partial charge < -0.3 is 4.74 Å². The molecule has 6 heteroatoms. The summed E-state index contributed by atoms with van der Waals surface area (Å²) in [4.78, 5) is 0.0363. The Labute approximate surface area is 113 Å². The van der Waals surface area contributed by atoms with Crippen molar-refractivity contribution < 1.29 is 13.2 Å². The minimum atomic E-state index is -3.63. The van der Waals surface area contributed by atoms with Gasteiger partial charge in [0.05, 0.1) is 17.1 Å². The molecule has 1 aromatic rings. The molecule has 102 valence electrons. The lowest BCUT2D eigenvalue weighted by molar-refractivity contribution is 0.0568. The number of rotatable bonds is 4. The van der Waals surface area contributed by atoms with E-state index in [0.717, 1.165) is 19.4 Å². The van der Waals surface area contributed by atoms with E-state index in [1.165, 1.54) is 12.1 Å². The van der Waals surface area contributed by atoms with Gasteiger partial charge in [0.25, 0.3) is 0 Å². The van der Waals surface area contributed by atoms with E-state index in [1.54, 1.807) is 12.1 Å². The molecule has 5 nitrogen and oxygen atoms in total. The summed E-state index contributed by atoms with van der Waals surface area (Å²) in [5.74, 6) is 0.206. The van der Waals surface area contributed by atoms with E-state index >= 15 is 0 Å². The third kappa shape index (κ3) is 3.53. The molecule has 1 N–H and O–H groups in total. The van der Waals surface area contributed by atoms with Crippen LogP contribution in [0.15, 0.2) is 29.2 Å². The maximum Gasteiger partial charge on any atom is 0.241 e. The summed E-state index contributed by atoms with van der Waals surface area (Å²) in [6.07, 6.45) is 1.92. The first-order chi connectivity index (χ1) is 9.13. The summed E-state index contributed by atoms with van der Waals surface area (Å²) in [5.41, 5.74) is 0.162. The number of nitrogens with zero attached hydrogens (tertiary/aromatic N) is 1. The number of ether oxygens (including phenoxy) is 1. The molecule has 1 aliphatic heterocycles. The highest BCUT2D eigenvalue weighted by Gasteiger charge is 2.21. The maximum atomic E-state index is 12.2. The number of hydrogen-bond donors (Lipinski definition) is 1. The maximum absolute atomic E-state index is 12.2. The Balaban J connectivity index is 2.07. The van der Waals surface area contributed by atoms with E-state index in [9.17, 15) is 8.42 Å². The van der Waals surface area contributed by atoms with Gasteiger partial charge in [-0.05, 0) is 30.9 Å². The Bertz CT molecular complexity index is 572. The van der Waals surface area contributed by atoms with Crippen molar-refractivity contribution in [2.24, 2.45) is 5.92 Å². The molecule has 0 spiro atoms. The Hall–Kier alpha value is -1.42. The topological polar surface area (TPSA) is 79.2 Å². The Morgan fingerprint density at radius 1 is 1.42 bits per heavy atom. The smallest absolute Gasteiger partial charge is 0.241 e. The summed E-state index contributed by atoms with van der Waals surface area (Å²) in [7, 11) is -3.63. The van der Waals surface area contributed by atoms with Crippen LogP contribution in [-0.2, 0) is 14.8 Å². The lowest BCUT2D eigenvalue weighted by atomic mass is 10.0. The zero-order valence-electron chi connectivity index (χ0n) is 10.5. The lowest BCUT2D eigenvalue weighted by Crippen LogP contribution is -2.33. The lowest BCUT2D eigenvalue weighted by Gasteiger charge is -2.22.